The van der Waals surface area contributed by atoms with Crippen molar-refractivity contribution in [2.45, 2.75) is 13.5 Å². The number of nitrogens with two attached hydrogens (primary N) is 1. The molecule has 5 heteroatoms. The van der Waals surface area contributed by atoms with Crippen molar-refractivity contribution in [3.8, 4) is 0 Å². The van der Waals surface area contributed by atoms with Crippen molar-refractivity contribution in [1.82, 2.24) is 9.88 Å². The standard InChI is InChI=1S/C15H20N4S/c1-12-10-17-15(20-12)19-7-5-18(6-8-19)11-13-3-2-4-14(16)9-13/h2-4,9-10H,5-8,11,16H2,1H3. The van der Waals surface area contributed by atoms with Crippen LogP contribution in [-0.4, -0.2) is 36.1 Å². The molecule has 2 heterocycles. The van der Waals surface area contributed by atoms with Crippen LogP contribution in [0.15, 0.2) is 30.5 Å². The fourth-order valence-corrected chi connectivity index (χ4v) is 3.35. The van der Waals surface area contributed by atoms with Crippen molar-refractivity contribution >= 4 is 22.2 Å². The van der Waals surface area contributed by atoms with Crippen molar-refractivity contribution in [2.24, 2.45) is 0 Å². The van der Waals surface area contributed by atoms with Gasteiger partial charge in [0.2, 0.25) is 0 Å². The molecule has 2 aromatic rings. The summed E-state index contributed by atoms with van der Waals surface area (Å²) in [7, 11) is 0. The number of benzene rings is 1. The van der Waals surface area contributed by atoms with E-state index in [0.717, 1.165) is 43.5 Å². The molecule has 1 aliphatic heterocycles. The average molecular weight is 288 g/mol. The number of piperazine rings is 1. The Labute approximate surface area is 123 Å². The molecule has 0 radical (unpaired) electrons. The lowest BCUT2D eigenvalue weighted by molar-refractivity contribution is 0.250. The summed E-state index contributed by atoms with van der Waals surface area (Å²) >= 11 is 1.78. The second-order valence-corrected chi connectivity index (χ2v) is 6.47. The molecule has 0 aliphatic carbocycles. The lowest BCUT2D eigenvalue weighted by Crippen LogP contribution is -2.45. The van der Waals surface area contributed by atoms with Crippen molar-refractivity contribution in [2.75, 3.05) is 36.8 Å². The van der Waals surface area contributed by atoms with Gasteiger partial charge in [-0.25, -0.2) is 4.98 Å². The summed E-state index contributed by atoms with van der Waals surface area (Å²) in [6.45, 7) is 7.35. The van der Waals surface area contributed by atoms with Crippen LogP contribution < -0.4 is 10.6 Å². The molecule has 106 valence electrons. The third-order valence-corrected chi connectivity index (χ3v) is 4.58. The van der Waals surface area contributed by atoms with Gasteiger partial charge in [0.15, 0.2) is 5.13 Å². The molecule has 0 spiro atoms. The molecule has 0 saturated carbocycles. The smallest absolute Gasteiger partial charge is 0.185 e. The first-order valence-electron chi connectivity index (χ1n) is 6.95. The third kappa shape index (κ3) is 3.11. The van der Waals surface area contributed by atoms with E-state index in [1.165, 1.54) is 10.4 Å². The second kappa shape index (κ2) is 5.81. The van der Waals surface area contributed by atoms with Crippen LogP contribution in [0.4, 0.5) is 10.8 Å². The first kappa shape index (κ1) is 13.4. The molecule has 1 fully saturated rings. The van der Waals surface area contributed by atoms with Gasteiger partial charge < -0.3 is 10.6 Å². The molecule has 3 rings (SSSR count). The zero-order valence-corrected chi connectivity index (χ0v) is 12.6. The van der Waals surface area contributed by atoms with Gasteiger partial charge in [-0.1, -0.05) is 12.1 Å². The van der Waals surface area contributed by atoms with Gasteiger partial charge in [0.05, 0.1) is 0 Å². The highest BCUT2D eigenvalue weighted by Crippen LogP contribution is 2.23. The Bertz CT molecular complexity index is 573. The Kier molecular flexibility index (Phi) is 3.89. The molecule has 1 aromatic heterocycles. The van der Waals surface area contributed by atoms with Gasteiger partial charge >= 0.3 is 0 Å². The minimum Gasteiger partial charge on any atom is -0.399 e. The van der Waals surface area contributed by atoms with Crippen LogP contribution >= 0.6 is 11.3 Å². The quantitative estimate of drug-likeness (QED) is 0.881. The number of rotatable bonds is 3. The van der Waals surface area contributed by atoms with Crippen LogP contribution in [0.5, 0.6) is 0 Å². The Hall–Kier alpha value is -1.59. The summed E-state index contributed by atoms with van der Waals surface area (Å²) in [4.78, 5) is 10.6. The van der Waals surface area contributed by atoms with Crippen LogP contribution in [0.3, 0.4) is 0 Å². The molecule has 0 amide bonds. The maximum atomic E-state index is 5.83. The van der Waals surface area contributed by atoms with Crippen LogP contribution in [-0.2, 0) is 6.54 Å². The fraction of sp³-hybridized carbons (Fsp3) is 0.400. The Morgan fingerprint density at radius 1 is 1.25 bits per heavy atom. The van der Waals surface area contributed by atoms with E-state index in [4.69, 9.17) is 5.73 Å². The molecule has 1 aromatic carbocycles. The molecule has 20 heavy (non-hydrogen) atoms. The van der Waals surface area contributed by atoms with Crippen molar-refractivity contribution in [3.05, 3.63) is 40.9 Å². The molecule has 1 aliphatic rings. The highest BCUT2D eigenvalue weighted by molar-refractivity contribution is 7.15. The summed E-state index contributed by atoms with van der Waals surface area (Å²) in [5, 5.41) is 1.16. The summed E-state index contributed by atoms with van der Waals surface area (Å²) in [6, 6.07) is 8.18. The van der Waals surface area contributed by atoms with E-state index in [1.807, 2.05) is 18.3 Å². The Morgan fingerprint density at radius 3 is 2.70 bits per heavy atom. The lowest BCUT2D eigenvalue weighted by atomic mass is 10.2. The SMILES string of the molecule is Cc1cnc(N2CCN(Cc3cccc(N)c3)CC2)s1. The minimum atomic E-state index is 0.847. The van der Waals surface area contributed by atoms with Gasteiger partial charge in [0.1, 0.15) is 0 Å². The molecule has 0 atom stereocenters. The number of thiazole rings is 1. The maximum absolute atomic E-state index is 5.83. The van der Waals surface area contributed by atoms with Crippen LogP contribution in [0.25, 0.3) is 0 Å². The minimum absolute atomic E-state index is 0.847. The highest BCUT2D eigenvalue weighted by atomic mass is 32.1. The number of anilines is 2. The predicted octanol–water partition coefficient (Wildman–Crippen LogP) is 2.36. The van der Waals surface area contributed by atoms with Gasteiger partial charge in [0, 0.05) is 49.5 Å². The number of hydrogen-bond donors (Lipinski definition) is 1. The number of nitrogens with zero attached hydrogens (tertiary/aromatic N) is 3. The van der Waals surface area contributed by atoms with Crippen LogP contribution in [0.1, 0.15) is 10.4 Å². The summed E-state index contributed by atoms with van der Waals surface area (Å²) < 4.78 is 0. The largest absolute Gasteiger partial charge is 0.399 e. The Balaban J connectivity index is 1.56. The average Bonchev–Trinajstić information content (AvgIpc) is 2.86. The zero-order valence-electron chi connectivity index (χ0n) is 11.7. The van der Waals surface area contributed by atoms with E-state index in [0.29, 0.717) is 0 Å². The molecule has 4 nitrogen and oxygen atoms in total. The van der Waals surface area contributed by atoms with E-state index in [-0.39, 0.29) is 0 Å². The van der Waals surface area contributed by atoms with E-state index in [9.17, 15) is 0 Å². The number of aromatic nitrogens is 1. The Morgan fingerprint density at radius 2 is 2.05 bits per heavy atom. The first-order chi connectivity index (χ1) is 9.70. The van der Waals surface area contributed by atoms with Gasteiger partial charge in [-0.3, -0.25) is 4.90 Å². The molecular formula is C15H20N4S. The molecule has 1 saturated heterocycles. The van der Waals surface area contributed by atoms with Gasteiger partial charge in [-0.15, -0.1) is 11.3 Å². The predicted molar refractivity (Wildman–Crippen MR) is 85.2 cm³/mol. The zero-order chi connectivity index (χ0) is 13.9. The summed E-state index contributed by atoms with van der Waals surface area (Å²) in [5.41, 5.74) is 7.97. The first-order valence-corrected chi connectivity index (χ1v) is 7.76. The summed E-state index contributed by atoms with van der Waals surface area (Å²) in [6.07, 6.45) is 1.96. The van der Waals surface area contributed by atoms with E-state index < -0.39 is 0 Å². The van der Waals surface area contributed by atoms with Crippen molar-refractivity contribution < 1.29 is 0 Å². The monoisotopic (exact) mass is 288 g/mol. The van der Waals surface area contributed by atoms with Gasteiger partial charge in [-0.2, -0.15) is 0 Å². The van der Waals surface area contributed by atoms with E-state index in [1.54, 1.807) is 11.3 Å². The van der Waals surface area contributed by atoms with E-state index >= 15 is 0 Å². The number of aryl methyl sites for hydroxylation is 1. The van der Waals surface area contributed by atoms with Crippen LogP contribution in [0.2, 0.25) is 0 Å². The molecule has 0 unspecified atom stereocenters. The van der Waals surface area contributed by atoms with Gasteiger partial charge in [-0.05, 0) is 24.6 Å². The summed E-state index contributed by atoms with van der Waals surface area (Å²) in [5.74, 6) is 0. The molecular weight excluding hydrogens is 268 g/mol. The normalized spacial score (nSPS) is 16.6. The topological polar surface area (TPSA) is 45.4 Å². The van der Waals surface area contributed by atoms with Crippen molar-refractivity contribution in [3.63, 3.8) is 0 Å². The second-order valence-electron chi connectivity index (χ2n) is 5.26. The fourth-order valence-electron chi connectivity index (χ4n) is 2.54. The lowest BCUT2D eigenvalue weighted by Gasteiger charge is -2.34. The molecule has 2 N–H and O–H groups in total. The van der Waals surface area contributed by atoms with Crippen LogP contribution in [0, 0.1) is 6.92 Å². The number of nitrogen functional groups attached to an aromatic ring is 1. The van der Waals surface area contributed by atoms with Crippen molar-refractivity contribution in [1.29, 1.82) is 0 Å². The maximum Gasteiger partial charge on any atom is 0.185 e. The third-order valence-electron chi connectivity index (χ3n) is 3.61. The highest BCUT2D eigenvalue weighted by Gasteiger charge is 2.19. The number of hydrogen-bond acceptors (Lipinski definition) is 5. The van der Waals surface area contributed by atoms with Gasteiger partial charge in [0.25, 0.3) is 0 Å². The molecule has 0 bridgehead atoms. The van der Waals surface area contributed by atoms with E-state index in [2.05, 4.69) is 33.8 Å².